The van der Waals surface area contributed by atoms with E-state index in [0.717, 1.165) is 22.3 Å². The number of alkyl halides is 1. The summed E-state index contributed by atoms with van der Waals surface area (Å²) >= 11 is 0. The van der Waals surface area contributed by atoms with Crippen molar-refractivity contribution in [1.82, 2.24) is 24.8 Å². The first kappa shape index (κ1) is 21.4. The SMILES string of the molecule is CNC=O.N[C@@H](Cc1ccc(-c2ccc3ncnn3c2)cc1)C(=O)N1CC[C@@H](F)C1. The number of likely N-dealkylation sites (tertiary alicyclic amines) is 1. The number of rotatable bonds is 5. The molecule has 0 radical (unpaired) electrons. The van der Waals surface area contributed by atoms with E-state index in [0.29, 0.717) is 25.8 Å². The number of nitrogens with zero attached hydrogens (tertiary/aromatic N) is 4. The van der Waals surface area contributed by atoms with E-state index in [1.165, 1.54) is 11.2 Å². The molecule has 1 fully saturated rings. The number of nitrogens with one attached hydrogen (secondary N) is 1. The predicted octanol–water partition coefficient (Wildman–Crippen LogP) is 1.20. The van der Waals surface area contributed by atoms with Gasteiger partial charge < -0.3 is 16.0 Å². The van der Waals surface area contributed by atoms with Crippen LogP contribution in [-0.2, 0) is 16.0 Å². The molecule has 1 aliphatic rings. The lowest BCUT2D eigenvalue weighted by molar-refractivity contribution is -0.131. The number of fused-ring (bicyclic) bond motifs is 1. The number of carbonyl (C=O) groups is 2. The van der Waals surface area contributed by atoms with Crippen molar-refractivity contribution >= 4 is 18.0 Å². The molecule has 1 saturated heterocycles. The third kappa shape index (κ3) is 5.18. The zero-order chi connectivity index (χ0) is 21.5. The lowest BCUT2D eigenvalue weighted by atomic mass is 10.0. The van der Waals surface area contributed by atoms with Crippen LogP contribution in [0.5, 0.6) is 0 Å². The molecule has 1 aromatic carbocycles. The van der Waals surface area contributed by atoms with Gasteiger partial charge in [-0.1, -0.05) is 24.3 Å². The summed E-state index contributed by atoms with van der Waals surface area (Å²) in [5.41, 5.74) is 9.90. The van der Waals surface area contributed by atoms with E-state index >= 15 is 0 Å². The zero-order valence-electron chi connectivity index (χ0n) is 16.7. The summed E-state index contributed by atoms with van der Waals surface area (Å²) in [6.45, 7) is 0.619. The maximum Gasteiger partial charge on any atom is 0.239 e. The summed E-state index contributed by atoms with van der Waals surface area (Å²) in [7, 11) is 1.56. The highest BCUT2D eigenvalue weighted by Gasteiger charge is 2.29. The minimum atomic E-state index is -0.923. The molecule has 0 spiro atoms. The minimum Gasteiger partial charge on any atom is -0.362 e. The van der Waals surface area contributed by atoms with Crippen LogP contribution in [0.25, 0.3) is 16.8 Å². The van der Waals surface area contributed by atoms with Crippen LogP contribution in [0.3, 0.4) is 0 Å². The molecule has 158 valence electrons. The van der Waals surface area contributed by atoms with E-state index in [1.54, 1.807) is 11.6 Å². The molecule has 2 aromatic heterocycles. The van der Waals surface area contributed by atoms with Crippen molar-refractivity contribution in [2.45, 2.75) is 25.1 Å². The van der Waals surface area contributed by atoms with Gasteiger partial charge in [0.05, 0.1) is 12.6 Å². The number of carbonyl (C=O) groups excluding carboxylic acids is 2. The van der Waals surface area contributed by atoms with Gasteiger partial charge in [0, 0.05) is 25.4 Å². The van der Waals surface area contributed by atoms with Gasteiger partial charge >= 0.3 is 0 Å². The highest BCUT2D eigenvalue weighted by atomic mass is 19.1. The lowest BCUT2D eigenvalue weighted by Gasteiger charge is -2.20. The predicted molar refractivity (Wildman–Crippen MR) is 111 cm³/mol. The summed E-state index contributed by atoms with van der Waals surface area (Å²) in [5.74, 6) is -0.175. The Labute approximate surface area is 173 Å². The van der Waals surface area contributed by atoms with Gasteiger partial charge in [-0.3, -0.25) is 9.59 Å². The van der Waals surface area contributed by atoms with Crippen LogP contribution in [0, 0.1) is 0 Å². The van der Waals surface area contributed by atoms with Crippen LogP contribution >= 0.6 is 0 Å². The third-order valence-corrected chi connectivity index (χ3v) is 4.89. The second-order valence-electron chi connectivity index (χ2n) is 7.06. The summed E-state index contributed by atoms with van der Waals surface area (Å²) in [6.07, 6.45) is 3.99. The van der Waals surface area contributed by atoms with Crippen LogP contribution in [0.15, 0.2) is 48.9 Å². The molecule has 3 heterocycles. The third-order valence-electron chi connectivity index (χ3n) is 4.89. The van der Waals surface area contributed by atoms with Crippen LogP contribution in [0.2, 0.25) is 0 Å². The fourth-order valence-corrected chi connectivity index (χ4v) is 3.31. The summed E-state index contributed by atoms with van der Waals surface area (Å²) < 4.78 is 15.0. The molecule has 30 heavy (non-hydrogen) atoms. The molecular weight excluding hydrogens is 387 g/mol. The van der Waals surface area contributed by atoms with Crippen LogP contribution in [-0.4, -0.2) is 64.2 Å². The fourth-order valence-electron chi connectivity index (χ4n) is 3.31. The average molecular weight is 412 g/mol. The molecule has 0 aliphatic carbocycles. The molecule has 3 N–H and O–H groups in total. The Balaban J connectivity index is 0.000000589. The molecule has 0 bridgehead atoms. The quantitative estimate of drug-likeness (QED) is 0.613. The van der Waals surface area contributed by atoms with Crippen molar-refractivity contribution in [1.29, 1.82) is 0 Å². The molecule has 1 aliphatic heterocycles. The van der Waals surface area contributed by atoms with Crippen LogP contribution in [0.4, 0.5) is 4.39 Å². The number of hydrogen-bond donors (Lipinski definition) is 2. The van der Waals surface area contributed by atoms with E-state index in [-0.39, 0.29) is 12.5 Å². The van der Waals surface area contributed by atoms with Gasteiger partial charge in [0.15, 0.2) is 5.65 Å². The van der Waals surface area contributed by atoms with Gasteiger partial charge in [-0.2, -0.15) is 5.10 Å². The average Bonchev–Trinajstić information content (AvgIpc) is 3.42. The highest BCUT2D eigenvalue weighted by Crippen LogP contribution is 2.21. The van der Waals surface area contributed by atoms with Crippen LogP contribution < -0.4 is 11.1 Å². The molecule has 2 atom stereocenters. The van der Waals surface area contributed by atoms with E-state index in [2.05, 4.69) is 15.4 Å². The second kappa shape index (κ2) is 9.93. The van der Waals surface area contributed by atoms with Gasteiger partial charge in [0.25, 0.3) is 0 Å². The summed E-state index contributed by atoms with van der Waals surface area (Å²) in [5, 5.41) is 6.39. The Morgan fingerprint density at radius 3 is 2.63 bits per heavy atom. The first-order valence-electron chi connectivity index (χ1n) is 9.70. The molecule has 9 heteroatoms. The normalized spacial score (nSPS) is 16.6. The van der Waals surface area contributed by atoms with Gasteiger partial charge in [-0.15, -0.1) is 0 Å². The Hall–Kier alpha value is -3.33. The Bertz CT molecular complexity index is 991. The molecular formula is C21H25FN6O2. The lowest BCUT2D eigenvalue weighted by Crippen LogP contribution is -2.44. The van der Waals surface area contributed by atoms with Gasteiger partial charge in [0.1, 0.15) is 12.5 Å². The maximum atomic E-state index is 13.3. The van der Waals surface area contributed by atoms with E-state index < -0.39 is 12.2 Å². The molecule has 8 nitrogen and oxygen atoms in total. The summed E-state index contributed by atoms with van der Waals surface area (Å²) in [6, 6.07) is 11.2. The van der Waals surface area contributed by atoms with E-state index in [4.69, 9.17) is 10.5 Å². The number of pyridine rings is 1. The monoisotopic (exact) mass is 412 g/mol. The maximum absolute atomic E-state index is 13.3. The number of hydrogen-bond acceptors (Lipinski definition) is 5. The number of benzene rings is 1. The Kier molecular flexibility index (Phi) is 7.08. The van der Waals surface area contributed by atoms with Crippen LogP contribution in [0.1, 0.15) is 12.0 Å². The van der Waals surface area contributed by atoms with Crippen molar-refractivity contribution in [2.75, 3.05) is 20.1 Å². The van der Waals surface area contributed by atoms with E-state index in [9.17, 15) is 9.18 Å². The molecule has 3 aromatic rings. The number of aromatic nitrogens is 3. The van der Waals surface area contributed by atoms with E-state index in [1.807, 2.05) is 42.6 Å². The summed E-state index contributed by atoms with van der Waals surface area (Å²) in [4.78, 5) is 27.0. The number of halogens is 1. The molecule has 0 unspecified atom stereocenters. The standard InChI is InChI=1S/C19H20FN5O.C2H5NO/c20-16-7-8-24(11-16)19(26)17(21)9-13-1-3-14(4-2-13)15-5-6-18-22-12-23-25(18)10-15;1-3-2-4/h1-6,10,12,16-17H,7-9,11,21H2;2H,1H3,(H,3,4)/t16-,17+;/m1./s1. The fraction of sp³-hybridized carbons (Fsp3) is 0.333. The molecule has 0 saturated carbocycles. The Morgan fingerprint density at radius 2 is 2.00 bits per heavy atom. The van der Waals surface area contributed by atoms with Crippen molar-refractivity contribution in [3.63, 3.8) is 0 Å². The zero-order valence-corrected chi connectivity index (χ0v) is 16.7. The first-order valence-corrected chi connectivity index (χ1v) is 9.70. The number of nitrogens with two attached hydrogens (primary N) is 1. The highest BCUT2D eigenvalue weighted by molar-refractivity contribution is 5.82. The van der Waals surface area contributed by atoms with Gasteiger partial charge in [0.2, 0.25) is 12.3 Å². The van der Waals surface area contributed by atoms with Gasteiger partial charge in [-0.25, -0.2) is 13.9 Å². The minimum absolute atomic E-state index is 0.163. The molecule has 2 amide bonds. The molecule has 4 rings (SSSR count). The smallest absolute Gasteiger partial charge is 0.239 e. The second-order valence-corrected chi connectivity index (χ2v) is 7.06. The Morgan fingerprint density at radius 1 is 1.30 bits per heavy atom. The van der Waals surface area contributed by atoms with Crippen molar-refractivity contribution in [2.24, 2.45) is 5.73 Å². The topological polar surface area (TPSA) is 106 Å². The van der Waals surface area contributed by atoms with Crippen molar-refractivity contribution in [3.8, 4) is 11.1 Å². The first-order chi connectivity index (χ1) is 14.5. The van der Waals surface area contributed by atoms with Gasteiger partial charge in [-0.05, 0) is 36.1 Å². The van der Waals surface area contributed by atoms with Crippen molar-refractivity contribution in [3.05, 3.63) is 54.5 Å². The largest absolute Gasteiger partial charge is 0.362 e. The number of amides is 2. The van der Waals surface area contributed by atoms with Crippen molar-refractivity contribution < 1.29 is 14.0 Å².